The van der Waals surface area contributed by atoms with Gasteiger partial charge in [-0.25, -0.2) is 9.59 Å². The number of esters is 1. The van der Waals surface area contributed by atoms with Crippen LogP contribution in [-0.4, -0.2) is 135 Å². The number of ketones is 1. The maximum absolute atomic E-state index is 14.0. The van der Waals surface area contributed by atoms with Gasteiger partial charge in [0.15, 0.2) is 18.2 Å². The number of hydrogen-bond donors (Lipinski definition) is 7. The highest BCUT2D eigenvalue weighted by Gasteiger charge is 2.76. The van der Waals surface area contributed by atoms with Crippen molar-refractivity contribution in [3.63, 3.8) is 0 Å². The molecular formula is C61H88O17. The van der Waals surface area contributed by atoms with Gasteiger partial charge in [0.25, 0.3) is 0 Å². The standard InChI is InChI=1S/C61H88O17/c1-30-25-41-55(4,22-17-40-58(41,7)31(2)26-43(59(40,8)53(72)73)76-52-49(75-10)47(67)46(66)48(77-52)51(70)71)36-15-20-54(3)37(57(30,36)6)18-23-60(28-62)38(54)16-21-56(5)39(60)19-24-61(29-63)42(56)27-33-35(78-61)13-11-32(45(33)50(68)69)34(64)12-14-44(65)74-9/h11,13,30-31,36-43,46-49,52,62-63,66-67H,12,14-29H2,1-10H3,(H,68,69)(H,70,71)(H,72,73)/t30-,31-,36?,37?,38?,39?,40?,41?,42?,43+,46+,47+,48+,49-,52-,54-,55+,56-,57+,58+,59-,60-,61-/m1/s1. The Kier molecular flexibility index (Phi) is 14.4. The molecule has 0 bridgehead atoms. The molecule has 9 aliphatic rings. The van der Waals surface area contributed by atoms with Gasteiger partial charge < -0.3 is 59.4 Å². The molecule has 23 atom stereocenters. The molecular weight excluding hydrogens is 1000 g/mol. The number of carbonyl (C=O) groups excluding carboxylic acids is 2. The molecule has 7 aliphatic carbocycles. The molecule has 0 amide bonds. The minimum Gasteiger partial charge on any atom is -0.484 e. The van der Waals surface area contributed by atoms with Crippen LogP contribution in [0.5, 0.6) is 5.75 Å². The molecule has 7 saturated carbocycles. The SMILES string of the molecule is COC(=O)CCC(=O)c1ccc2c(c1C(=O)O)CC1[C@](CO)(CCC3[C@@]1(C)CCC1[C@]4(C)CCC5[C@]6(C)CCC7[C@@](C)(C6C[C@@H](C)[C@]5(C)C4CC[C@]31CO)[C@H](C)C[C@H](O[C@@H]1O[C@H](C(=O)O)[C@@H](O)[C@H](O)[C@H]1OC)[C@]7(C)C(=O)O)O2. The van der Waals surface area contributed by atoms with Crippen LogP contribution in [0.3, 0.4) is 0 Å². The van der Waals surface area contributed by atoms with E-state index >= 15 is 0 Å². The summed E-state index contributed by atoms with van der Waals surface area (Å²) < 4.78 is 29.5. The predicted octanol–water partition coefficient (Wildman–Crippen LogP) is 7.58. The van der Waals surface area contributed by atoms with Crippen LogP contribution in [0.15, 0.2) is 12.1 Å². The van der Waals surface area contributed by atoms with Crippen LogP contribution in [0, 0.1) is 91.2 Å². The molecule has 78 heavy (non-hydrogen) atoms. The molecule has 0 spiro atoms. The zero-order valence-corrected chi connectivity index (χ0v) is 47.5. The Bertz CT molecular complexity index is 2590. The molecule has 1 aromatic rings. The maximum atomic E-state index is 14.0. The third-order valence-electron chi connectivity index (χ3n) is 25.8. The lowest BCUT2D eigenvalue weighted by Crippen LogP contribution is -2.73. The molecule has 17 heteroatoms. The fourth-order valence-electron chi connectivity index (χ4n) is 21.9. The van der Waals surface area contributed by atoms with Gasteiger partial charge in [-0.3, -0.25) is 14.4 Å². The van der Waals surface area contributed by atoms with Crippen LogP contribution >= 0.6 is 0 Å². The number of carboxylic acid groups (broad SMARTS) is 3. The van der Waals surface area contributed by atoms with Crippen molar-refractivity contribution in [1.82, 2.24) is 0 Å². The van der Waals surface area contributed by atoms with E-state index in [0.717, 1.165) is 57.8 Å². The van der Waals surface area contributed by atoms with E-state index in [4.69, 9.17) is 23.7 Å². The summed E-state index contributed by atoms with van der Waals surface area (Å²) in [6.45, 7) is 18.4. The first-order valence-electron chi connectivity index (χ1n) is 29.2. The van der Waals surface area contributed by atoms with Crippen LogP contribution in [-0.2, 0) is 39.8 Å². The number of Topliss-reactive ketones (excluding diaryl/α,β-unsaturated/α-hetero) is 1. The summed E-state index contributed by atoms with van der Waals surface area (Å²) in [5.74, 6) is -3.62. The predicted molar refractivity (Wildman–Crippen MR) is 281 cm³/mol. The van der Waals surface area contributed by atoms with E-state index in [1.165, 1.54) is 20.3 Å². The monoisotopic (exact) mass is 1090 g/mol. The van der Waals surface area contributed by atoms with Crippen molar-refractivity contribution in [2.75, 3.05) is 27.4 Å². The van der Waals surface area contributed by atoms with E-state index in [-0.39, 0.29) is 101 Å². The molecule has 2 heterocycles. The van der Waals surface area contributed by atoms with E-state index in [9.17, 15) is 59.7 Å². The van der Waals surface area contributed by atoms with Crippen molar-refractivity contribution in [2.24, 2.45) is 91.2 Å². The van der Waals surface area contributed by atoms with Crippen LogP contribution < -0.4 is 4.74 Å². The number of rotatable bonds is 12. The molecule has 434 valence electrons. The second kappa shape index (κ2) is 19.5. The average Bonchev–Trinajstić information content (AvgIpc) is 3.08. The quantitative estimate of drug-likeness (QED) is 0.0604. The Balaban J connectivity index is 0.935. The van der Waals surface area contributed by atoms with E-state index in [2.05, 4.69) is 48.5 Å². The molecule has 1 aromatic carbocycles. The number of carbonyl (C=O) groups is 5. The lowest BCUT2D eigenvalue weighted by molar-refractivity contribution is -0.335. The first-order chi connectivity index (χ1) is 36.6. The molecule has 8 fully saturated rings. The number of carboxylic acids is 3. The third kappa shape index (κ3) is 7.64. The Hall–Kier alpha value is -3.71. The zero-order valence-electron chi connectivity index (χ0n) is 47.5. The first kappa shape index (κ1) is 57.5. The summed E-state index contributed by atoms with van der Waals surface area (Å²) in [6.07, 6.45) is 0.574. The van der Waals surface area contributed by atoms with Gasteiger partial charge in [-0.2, -0.15) is 0 Å². The summed E-state index contributed by atoms with van der Waals surface area (Å²) >= 11 is 0. The molecule has 17 nitrogen and oxygen atoms in total. The summed E-state index contributed by atoms with van der Waals surface area (Å²) in [6, 6.07) is 3.10. The fourth-order valence-corrected chi connectivity index (χ4v) is 21.9. The molecule has 1 saturated heterocycles. The summed E-state index contributed by atoms with van der Waals surface area (Å²) in [7, 11) is 2.55. The number of aliphatic hydroxyl groups excluding tert-OH is 4. The highest BCUT2D eigenvalue weighted by molar-refractivity contribution is 6.07. The van der Waals surface area contributed by atoms with E-state index in [1.807, 2.05) is 0 Å². The number of hydrogen-bond acceptors (Lipinski definition) is 14. The van der Waals surface area contributed by atoms with Crippen molar-refractivity contribution in [1.29, 1.82) is 0 Å². The van der Waals surface area contributed by atoms with Gasteiger partial charge in [-0.1, -0.05) is 48.5 Å². The number of aliphatic carboxylic acids is 2. The molecule has 0 aromatic heterocycles. The van der Waals surface area contributed by atoms with E-state index in [0.29, 0.717) is 42.4 Å². The Morgan fingerprint density at radius 3 is 1.81 bits per heavy atom. The number of benzene rings is 1. The van der Waals surface area contributed by atoms with Gasteiger partial charge in [-0.05, 0) is 177 Å². The van der Waals surface area contributed by atoms with Crippen molar-refractivity contribution in [2.45, 2.75) is 194 Å². The minimum absolute atomic E-state index is 0.0110. The molecule has 2 aliphatic heterocycles. The zero-order chi connectivity index (χ0) is 56.8. The average molecular weight is 1090 g/mol. The second-order valence-corrected chi connectivity index (χ2v) is 27.9. The maximum Gasteiger partial charge on any atom is 0.336 e. The van der Waals surface area contributed by atoms with Crippen molar-refractivity contribution >= 4 is 29.7 Å². The van der Waals surface area contributed by atoms with Gasteiger partial charge >= 0.3 is 23.9 Å². The van der Waals surface area contributed by atoms with E-state index < -0.39 is 93.7 Å². The molecule has 7 unspecified atom stereocenters. The largest absolute Gasteiger partial charge is 0.484 e. The highest BCUT2D eigenvalue weighted by Crippen LogP contribution is 2.81. The second-order valence-electron chi connectivity index (χ2n) is 27.9. The Morgan fingerprint density at radius 1 is 0.667 bits per heavy atom. The third-order valence-corrected chi connectivity index (χ3v) is 25.8. The van der Waals surface area contributed by atoms with Gasteiger partial charge in [0, 0.05) is 42.6 Å². The number of ether oxygens (including phenoxy) is 5. The smallest absolute Gasteiger partial charge is 0.336 e. The summed E-state index contributed by atoms with van der Waals surface area (Å²) in [5, 5.41) is 77.3. The Labute approximate surface area is 458 Å². The number of aromatic carboxylic acids is 1. The van der Waals surface area contributed by atoms with Crippen molar-refractivity contribution in [3.8, 4) is 5.75 Å². The van der Waals surface area contributed by atoms with Gasteiger partial charge in [0.1, 0.15) is 29.7 Å². The van der Waals surface area contributed by atoms with Crippen LogP contribution in [0.25, 0.3) is 0 Å². The van der Waals surface area contributed by atoms with Gasteiger partial charge in [0.2, 0.25) is 0 Å². The number of fused-ring (bicyclic) bond motifs is 14. The lowest BCUT2D eigenvalue weighted by Gasteiger charge is -2.77. The minimum atomic E-state index is -1.80. The summed E-state index contributed by atoms with van der Waals surface area (Å²) in [5.41, 5.74) is -3.68. The van der Waals surface area contributed by atoms with E-state index in [1.54, 1.807) is 13.0 Å². The van der Waals surface area contributed by atoms with Crippen LogP contribution in [0.4, 0.5) is 0 Å². The normalized spacial score (nSPS) is 49.0. The van der Waals surface area contributed by atoms with Crippen LogP contribution in [0.1, 0.15) is 172 Å². The highest BCUT2D eigenvalue weighted by atomic mass is 16.7. The topological polar surface area (TPSA) is 273 Å². The van der Waals surface area contributed by atoms with Crippen molar-refractivity contribution in [3.05, 3.63) is 28.8 Å². The lowest BCUT2D eigenvalue weighted by atomic mass is 9.27. The molecule has 0 radical (unpaired) electrons. The Morgan fingerprint density at radius 2 is 1.23 bits per heavy atom. The van der Waals surface area contributed by atoms with Crippen molar-refractivity contribution < 1.29 is 83.4 Å². The summed E-state index contributed by atoms with van der Waals surface area (Å²) in [4.78, 5) is 64.9. The first-order valence-corrected chi connectivity index (χ1v) is 29.2. The van der Waals surface area contributed by atoms with Gasteiger partial charge in [0.05, 0.1) is 37.2 Å². The fraction of sp³-hybridized carbons (Fsp3) is 0.820. The van der Waals surface area contributed by atoms with Gasteiger partial charge in [-0.15, -0.1) is 0 Å². The number of aliphatic hydroxyl groups is 4. The van der Waals surface area contributed by atoms with Crippen LogP contribution in [0.2, 0.25) is 0 Å². The molecule has 10 rings (SSSR count). The molecule has 7 N–H and O–H groups in total. The number of methoxy groups -OCH3 is 2.